The van der Waals surface area contributed by atoms with E-state index >= 15 is 0 Å². The third-order valence-corrected chi connectivity index (χ3v) is 3.57. The first-order valence-corrected chi connectivity index (χ1v) is 6.55. The molecule has 0 spiro atoms. The molecule has 1 aliphatic rings. The van der Waals surface area contributed by atoms with Crippen LogP contribution in [0.15, 0.2) is 11.1 Å². The summed E-state index contributed by atoms with van der Waals surface area (Å²) >= 11 is 3.36. The zero-order valence-electron chi connectivity index (χ0n) is 9.19. The number of hydrogen-bond acceptors (Lipinski definition) is 1. The molecule has 0 radical (unpaired) electrons. The van der Waals surface area contributed by atoms with Gasteiger partial charge in [0.1, 0.15) is 0 Å². The Hall–Kier alpha value is 0.180. The highest BCUT2D eigenvalue weighted by Crippen LogP contribution is 2.30. The Kier molecular flexibility index (Phi) is 5.80. The molecule has 14 heavy (non-hydrogen) atoms. The minimum absolute atomic E-state index is 0.907. The van der Waals surface area contributed by atoms with E-state index in [2.05, 4.69) is 34.7 Å². The highest BCUT2D eigenvalue weighted by atomic mass is 79.9. The molecule has 0 bridgehead atoms. The summed E-state index contributed by atoms with van der Waals surface area (Å²) in [4.78, 5) is 0. The molecule has 82 valence electrons. The van der Waals surface area contributed by atoms with Gasteiger partial charge in [-0.1, -0.05) is 48.7 Å². The van der Waals surface area contributed by atoms with Gasteiger partial charge in [-0.25, -0.2) is 0 Å². The molecule has 0 aliphatic heterocycles. The van der Waals surface area contributed by atoms with Crippen molar-refractivity contribution in [3.8, 4) is 0 Å². The highest BCUT2D eigenvalue weighted by Gasteiger charge is 2.19. The summed E-state index contributed by atoms with van der Waals surface area (Å²) in [5.41, 5.74) is 0. The lowest BCUT2D eigenvalue weighted by Gasteiger charge is -2.27. The molecule has 0 aromatic rings. The fourth-order valence-electron chi connectivity index (χ4n) is 2.26. The maximum absolute atomic E-state index is 3.82. The first-order valence-electron chi connectivity index (χ1n) is 5.76. The molecule has 0 aromatic heterocycles. The SMILES string of the molecule is C=C(Br)CNCC1CCC(CC)CC1. The summed E-state index contributed by atoms with van der Waals surface area (Å²) in [5, 5.41) is 3.44. The van der Waals surface area contributed by atoms with Crippen molar-refractivity contribution in [3.63, 3.8) is 0 Å². The van der Waals surface area contributed by atoms with Crippen LogP contribution in [0.5, 0.6) is 0 Å². The fraction of sp³-hybridized carbons (Fsp3) is 0.833. The first kappa shape index (κ1) is 12.3. The molecule has 2 heteroatoms. The number of nitrogens with one attached hydrogen (secondary N) is 1. The smallest absolute Gasteiger partial charge is 0.0265 e. The van der Waals surface area contributed by atoms with Crippen molar-refractivity contribution in [1.82, 2.24) is 5.32 Å². The van der Waals surface area contributed by atoms with Gasteiger partial charge in [0.05, 0.1) is 0 Å². The topological polar surface area (TPSA) is 12.0 Å². The monoisotopic (exact) mass is 259 g/mol. The van der Waals surface area contributed by atoms with Gasteiger partial charge < -0.3 is 5.32 Å². The van der Waals surface area contributed by atoms with Crippen molar-refractivity contribution in [3.05, 3.63) is 11.1 Å². The van der Waals surface area contributed by atoms with E-state index in [0.717, 1.165) is 22.9 Å². The molecule has 1 fully saturated rings. The Morgan fingerprint density at radius 2 is 1.86 bits per heavy atom. The van der Waals surface area contributed by atoms with Gasteiger partial charge in [-0.15, -0.1) is 0 Å². The van der Waals surface area contributed by atoms with E-state index in [1.54, 1.807) is 0 Å². The number of hydrogen-bond donors (Lipinski definition) is 1. The molecule has 1 N–H and O–H groups in total. The molecular formula is C12H22BrN. The molecule has 0 heterocycles. The van der Waals surface area contributed by atoms with E-state index in [9.17, 15) is 0 Å². The Morgan fingerprint density at radius 3 is 2.36 bits per heavy atom. The van der Waals surface area contributed by atoms with Gasteiger partial charge in [0.25, 0.3) is 0 Å². The van der Waals surface area contributed by atoms with Gasteiger partial charge in [0, 0.05) is 11.0 Å². The number of halogens is 1. The van der Waals surface area contributed by atoms with E-state index in [-0.39, 0.29) is 0 Å². The summed E-state index contributed by atoms with van der Waals surface area (Å²) < 4.78 is 1.06. The molecule has 0 atom stereocenters. The van der Waals surface area contributed by atoms with Gasteiger partial charge in [0.2, 0.25) is 0 Å². The van der Waals surface area contributed by atoms with Crippen LogP contribution in [0.25, 0.3) is 0 Å². The standard InChI is InChI=1S/C12H22BrN/c1-3-11-4-6-12(7-5-11)9-14-8-10(2)13/h11-12,14H,2-9H2,1H3. The molecule has 1 aliphatic carbocycles. The summed E-state index contributed by atoms with van der Waals surface area (Å²) in [6.45, 7) is 8.21. The van der Waals surface area contributed by atoms with Crippen LogP contribution in [0.4, 0.5) is 0 Å². The van der Waals surface area contributed by atoms with E-state index in [0.29, 0.717) is 0 Å². The summed E-state index contributed by atoms with van der Waals surface area (Å²) in [7, 11) is 0. The maximum atomic E-state index is 3.82. The molecule has 0 unspecified atom stereocenters. The summed E-state index contributed by atoms with van der Waals surface area (Å²) in [6.07, 6.45) is 7.09. The van der Waals surface area contributed by atoms with Crippen molar-refractivity contribution in [1.29, 1.82) is 0 Å². The van der Waals surface area contributed by atoms with Crippen LogP contribution < -0.4 is 5.32 Å². The third kappa shape index (κ3) is 4.61. The molecule has 1 saturated carbocycles. The Balaban J connectivity index is 2.07. The van der Waals surface area contributed by atoms with E-state index in [1.807, 2.05) is 0 Å². The van der Waals surface area contributed by atoms with Crippen molar-refractivity contribution < 1.29 is 0 Å². The zero-order chi connectivity index (χ0) is 10.4. The Morgan fingerprint density at radius 1 is 1.29 bits per heavy atom. The van der Waals surface area contributed by atoms with Crippen LogP contribution in [0.3, 0.4) is 0 Å². The molecular weight excluding hydrogens is 238 g/mol. The number of rotatable bonds is 5. The van der Waals surface area contributed by atoms with Gasteiger partial charge in [-0.05, 0) is 31.2 Å². The van der Waals surface area contributed by atoms with Gasteiger partial charge >= 0.3 is 0 Å². The predicted molar refractivity (Wildman–Crippen MR) is 66.7 cm³/mol. The second kappa shape index (κ2) is 6.62. The van der Waals surface area contributed by atoms with Crippen molar-refractivity contribution >= 4 is 15.9 Å². The normalized spacial score (nSPS) is 27.6. The van der Waals surface area contributed by atoms with Crippen molar-refractivity contribution in [2.45, 2.75) is 39.0 Å². The molecule has 1 nitrogen and oxygen atoms in total. The van der Waals surface area contributed by atoms with Crippen LogP contribution in [0.2, 0.25) is 0 Å². The molecule has 0 amide bonds. The van der Waals surface area contributed by atoms with Gasteiger partial charge in [0.15, 0.2) is 0 Å². The van der Waals surface area contributed by atoms with Crippen LogP contribution >= 0.6 is 15.9 Å². The lowest BCUT2D eigenvalue weighted by molar-refractivity contribution is 0.264. The fourth-order valence-corrected chi connectivity index (χ4v) is 2.45. The van der Waals surface area contributed by atoms with Crippen LogP contribution in [-0.4, -0.2) is 13.1 Å². The lowest BCUT2D eigenvalue weighted by Crippen LogP contribution is -2.27. The van der Waals surface area contributed by atoms with Crippen LogP contribution in [0.1, 0.15) is 39.0 Å². The van der Waals surface area contributed by atoms with E-state index < -0.39 is 0 Å². The Labute approximate surface area is 96.5 Å². The van der Waals surface area contributed by atoms with Crippen LogP contribution in [0, 0.1) is 11.8 Å². The average molecular weight is 260 g/mol. The van der Waals surface area contributed by atoms with Crippen LogP contribution in [-0.2, 0) is 0 Å². The Bertz CT molecular complexity index is 171. The van der Waals surface area contributed by atoms with Gasteiger partial charge in [-0.3, -0.25) is 0 Å². The van der Waals surface area contributed by atoms with E-state index in [1.165, 1.54) is 38.6 Å². The quantitative estimate of drug-likeness (QED) is 0.794. The zero-order valence-corrected chi connectivity index (χ0v) is 10.8. The van der Waals surface area contributed by atoms with E-state index in [4.69, 9.17) is 0 Å². The second-order valence-corrected chi connectivity index (χ2v) is 5.56. The maximum Gasteiger partial charge on any atom is 0.0265 e. The van der Waals surface area contributed by atoms with Gasteiger partial charge in [-0.2, -0.15) is 0 Å². The average Bonchev–Trinajstić information content (AvgIpc) is 2.18. The predicted octanol–water partition coefficient (Wildman–Crippen LogP) is 3.70. The first-order chi connectivity index (χ1) is 6.72. The molecule has 0 saturated heterocycles. The minimum atomic E-state index is 0.907. The third-order valence-electron chi connectivity index (χ3n) is 3.29. The molecule has 1 rings (SSSR count). The van der Waals surface area contributed by atoms with Crippen molar-refractivity contribution in [2.75, 3.05) is 13.1 Å². The highest BCUT2D eigenvalue weighted by molar-refractivity contribution is 9.11. The van der Waals surface area contributed by atoms with Crippen molar-refractivity contribution in [2.24, 2.45) is 11.8 Å². The minimum Gasteiger partial charge on any atom is -0.312 e. The summed E-state index contributed by atoms with van der Waals surface area (Å²) in [5.74, 6) is 1.92. The summed E-state index contributed by atoms with van der Waals surface area (Å²) in [6, 6.07) is 0. The molecule has 0 aromatic carbocycles. The lowest BCUT2D eigenvalue weighted by atomic mass is 9.81. The largest absolute Gasteiger partial charge is 0.312 e. The second-order valence-electron chi connectivity index (χ2n) is 4.44.